The van der Waals surface area contributed by atoms with Crippen LogP contribution in [0.4, 0.5) is 34.1 Å². The lowest BCUT2D eigenvalue weighted by Gasteiger charge is -2.28. The van der Waals surface area contributed by atoms with E-state index >= 15 is 0 Å². The SMILES string of the molecule is CC1(C)c2cc(-c3ccc(-c4ccc5cc(-c6cccc7ccccc67)ccc5c4)cc3)ccc2-c2ccc(N(c3ccc(-c4ccccc4)cc3)c3ccc(-c4ccccc4)cc3)cc21.CC1(C)c2cc(-c3ccc4cc(-c5ccc6ccccc6c5)ccc4c3)ccc2-c2ccc(N(c3ccc(-c4ccccc4)cc3)c3ccc(-c4ccccc4)cc3)cc21. The van der Waals surface area contributed by atoms with Crippen LogP contribution in [0, 0.1) is 0 Å². The van der Waals surface area contributed by atoms with Gasteiger partial charge >= 0.3 is 0 Å². The highest BCUT2D eigenvalue weighted by atomic mass is 15.1. The van der Waals surface area contributed by atoms with Crippen molar-refractivity contribution in [1.82, 2.24) is 0 Å². The molecule has 126 heavy (non-hydrogen) atoms. The Morgan fingerprint density at radius 3 is 0.738 bits per heavy atom. The third kappa shape index (κ3) is 14.3. The van der Waals surface area contributed by atoms with Gasteiger partial charge in [-0.2, -0.15) is 0 Å². The zero-order valence-electron chi connectivity index (χ0n) is 70.9. The molecule has 0 unspecified atom stereocenters. The van der Waals surface area contributed by atoms with E-state index in [0.717, 1.165) is 34.1 Å². The average Bonchev–Trinajstić information content (AvgIpc) is 1.57. The normalized spacial score (nSPS) is 12.6. The second-order valence-corrected chi connectivity index (χ2v) is 34.8. The fraction of sp³-hybridized carbons (Fsp3) is 0.0484. The van der Waals surface area contributed by atoms with Gasteiger partial charge in [-0.05, 0) is 303 Å². The molecule has 2 nitrogen and oxygen atoms in total. The first kappa shape index (κ1) is 76.4. The van der Waals surface area contributed by atoms with Crippen molar-refractivity contribution < 1.29 is 0 Å². The minimum atomic E-state index is -0.199. The topological polar surface area (TPSA) is 6.48 Å². The minimum absolute atomic E-state index is 0.192. The average molecular weight is 1610 g/mol. The van der Waals surface area contributed by atoms with Crippen LogP contribution >= 0.6 is 0 Å². The molecule has 596 valence electrons. The summed E-state index contributed by atoms with van der Waals surface area (Å²) in [4.78, 5) is 4.80. The predicted octanol–water partition coefficient (Wildman–Crippen LogP) is 34.5. The lowest BCUT2D eigenvalue weighted by Crippen LogP contribution is -2.16. The molecule has 21 aromatic carbocycles. The summed E-state index contributed by atoms with van der Waals surface area (Å²) in [7, 11) is 0. The van der Waals surface area contributed by atoms with E-state index in [1.165, 1.54) is 188 Å². The van der Waals surface area contributed by atoms with Gasteiger partial charge in [-0.1, -0.05) is 386 Å². The van der Waals surface area contributed by atoms with Crippen molar-refractivity contribution in [3.8, 4) is 122 Å². The molecular formula is C124H90N2. The number of hydrogen-bond donors (Lipinski definition) is 0. The third-order valence-corrected chi connectivity index (χ3v) is 26.5. The number of hydrogen-bond acceptors (Lipinski definition) is 2. The van der Waals surface area contributed by atoms with Crippen LogP contribution in [0.5, 0.6) is 0 Å². The second kappa shape index (κ2) is 31.9. The van der Waals surface area contributed by atoms with E-state index in [2.05, 4.69) is 511 Å². The molecule has 0 saturated carbocycles. The van der Waals surface area contributed by atoms with E-state index in [0.29, 0.717) is 0 Å². The standard InChI is InChI=1S/C65H47N.C59H43N/c1-65(2)63-42-54(49-22-20-48(21-23-49)51-24-25-53-41-55(27-26-52(53)40-51)60-19-11-17-50-16-9-10-18-59(50)60)32-38-61(63)62-39-37-58(43-64(62)65)66(56-33-28-46(29-34-56)44-12-5-3-6-13-44)57-35-30-47(31-36-57)45-14-7-4-8-15-45;1-59(2)57-38-51(50-22-21-48-36-47(19-20-49(48)37-50)46-18-17-42-15-9-10-16-45(42)35-46)27-33-55(57)56-34-32-54(39-58(56)59)60(52-28-23-43(24-29-52)40-11-5-3-6-12-40)53-30-25-44(26-31-53)41-13-7-4-8-14-41/h3-43H,1-2H3;3-39H,1-2H3. The van der Waals surface area contributed by atoms with Gasteiger partial charge in [0.1, 0.15) is 0 Å². The fourth-order valence-corrected chi connectivity index (χ4v) is 19.6. The van der Waals surface area contributed by atoms with Crippen LogP contribution in [0.3, 0.4) is 0 Å². The first-order chi connectivity index (χ1) is 61.9. The van der Waals surface area contributed by atoms with Crippen molar-refractivity contribution in [3.05, 3.63) is 495 Å². The molecular weight excluding hydrogens is 1520 g/mol. The van der Waals surface area contributed by atoms with Crippen LogP contribution < -0.4 is 9.80 Å². The second-order valence-electron chi connectivity index (χ2n) is 34.8. The molecule has 2 heteroatoms. The Hall–Kier alpha value is -15.7. The quantitative estimate of drug-likeness (QED) is 0.101. The Kier molecular flexibility index (Phi) is 19.4. The first-order valence-electron chi connectivity index (χ1n) is 43.9. The summed E-state index contributed by atoms with van der Waals surface area (Å²) in [6, 6.07) is 174. The van der Waals surface area contributed by atoms with Crippen molar-refractivity contribution in [2.45, 2.75) is 38.5 Å². The van der Waals surface area contributed by atoms with Crippen molar-refractivity contribution in [2.75, 3.05) is 9.80 Å². The minimum Gasteiger partial charge on any atom is -0.310 e. The maximum atomic E-state index is 2.43. The number of rotatable bonds is 15. The summed E-state index contributed by atoms with van der Waals surface area (Å²) >= 11 is 0. The van der Waals surface area contributed by atoms with Crippen LogP contribution in [0.2, 0.25) is 0 Å². The molecule has 0 atom stereocenters. The highest BCUT2D eigenvalue weighted by Gasteiger charge is 2.38. The fourth-order valence-electron chi connectivity index (χ4n) is 19.6. The van der Waals surface area contributed by atoms with E-state index in [9.17, 15) is 0 Å². The van der Waals surface area contributed by atoms with Crippen LogP contribution in [-0.2, 0) is 10.8 Å². The molecule has 0 spiro atoms. The molecule has 0 amide bonds. The van der Waals surface area contributed by atoms with E-state index < -0.39 is 0 Å². The lowest BCUT2D eigenvalue weighted by atomic mass is 9.81. The molecule has 0 aliphatic heterocycles. The van der Waals surface area contributed by atoms with Gasteiger partial charge in [0.05, 0.1) is 0 Å². The molecule has 0 bridgehead atoms. The molecule has 0 heterocycles. The van der Waals surface area contributed by atoms with Gasteiger partial charge in [0.2, 0.25) is 0 Å². The van der Waals surface area contributed by atoms with Crippen LogP contribution in [0.25, 0.3) is 165 Å². The van der Waals surface area contributed by atoms with Crippen LogP contribution in [-0.4, -0.2) is 0 Å². The summed E-state index contributed by atoms with van der Waals surface area (Å²) in [5, 5.41) is 10.1. The Morgan fingerprint density at radius 2 is 0.357 bits per heavy atom. The van der Waals surface area contributed by atoms with Gasteiger partial charge < -0.3 is 9.80 Å². The smallest absolute Gasteiger partial charge is 0.0465 e. The van der Waals surface area contributed by atoms with E-state index in [4.69, 9.17) is 0 Å². The maximum absolute atomic E-state index is 2.43. The van der Waals surface area contributed by atoms with Gasteiger partial charge in [0, 0.05) is 45.0 Å². The van der Waals surface area contributed by atoms with Crippen molar-refractivity contribution in [2.24, 2.45) is 0 Å². The Labute approximate surface area is 738 Å². The zero-order chi connectivity index (χ0) is 84.4. The molecule has 0 N–H and O–H groups in total. The van der Waals surface area contributed by atoms with Crippen molar-refractivity contribution in [3.63, 3.8) is 0 Å². The molecule has 2 aliphatic rings. The van der Waals surface area contributed by atoms with Gasteiger partial charge in [-0.3, -0.25) is 0 Å². The molecule has 2 aliphatic carbocycles. The summed E-state index contributed by atoms with van der Waals surface area (Å²) in [5.41, 5.74) is 39.1. The van der Waals surface area contributed by atoms with Gasteiger partial charge in [-0.25, -0.2) is 0 Å². The summed E-state index contributed by atoms with van der Waals surface area (Å²) in [6.07, 6.45) is 0. The van der Waals surface area contributed by atoms with Crippen LogP contribution in [0.15, 0.2) is 473 Å². The Bertz CT molecular complexity index is 7510. The van der Waals surface area contributed by atoms with Crippen LogP contribution in [0.1, 0.15) is 49.9 Å². The van der Waals surface area contributed by atoms with Crippen molar-refractivity contribution in [1.29, 1.82) is 0 Å². The number of nitrogens with zero attached hydrogens (tertiary/aromatic N) is 2. The van der Waals surface area contributed by atoms with E-state index in [1.807, 2.05) is 0 Å². The molecule has 0 saturated heterocycles. The zero-order valence-corrected chi connectivity index (χ0v) is 70.9. The first-order valence-corrected chi connectivity index (χ1v) is 43.9. The van der Waals surface area contributed by atoms with Gasteiger partial charge in [0.15, 0.2) is 0 Å². The molecule has 21 aromatic rings. The molecule has 0 radical (unpaired) electrons. The summed E-state index contributed by atoms with van der Waals surface area (Å²) in [5.74, 6) is 0. The van der Waals surface area contributed by atoms with E-state index in [1.54, 1.807) is 0 Å². The van der Waals surface area contributed by atoms with Crippen molar-refractivity contribution >= 4 is 77.2 Å². The summed E-state index contributed by atoms with van der Waals surface area (Å²) < 4.78 is 0. The number of benzene rings is 21. The Balaban J connectivity index is 0.000000150. The predicted molar refractivity (Wildman–Crippen MR) is 536 cm³/mol. The Morgan fingerprint density at radius 1 is 0.135 bits per heavy atom. The number of fused-ring (bicyclic) bond motifs is 10. The molecule has 0 fully saturated rings. The highest BCUT2D eigenvalue weighted by molar-refractivity contribution is 6.01. The molecule has 23 rings (SSSR count). The monoisotopic (exact) mass is 1610 g/mol. The number of anilines is 6. The maximum Gasteiger partial charge on any atom is 0.0465 e. The highest BCUT2D eigenvalue weighted by Crippen LogP contribution is 2.55. The third-order valence-electron chi connectivity index (χ3n) is 26.5. The van der Waals surface area contributed by atoms with E-state index in [-0.39, 0.29) is 10.8 Å². The largest absolute Gasteiger partial charge is 0.310 e. The lowest BCUT2D eigenvalue weighted by molar-refractivity contribution is 0.660. The van der Waals surface area contributed by atoms with Gasteiger partial charge in [-0.15, -0.1) is 0 Å². The summed E-state index contributed by atoms with van der Waals surface area (Å²) in [6.45, 7) is 9.53. The van der Waals surface area contributed by atoms with Gasteiger partial charge in [0.25, 0.3) is 0 Å². The molecule has 0 aromatic heterocycles.